The number of hydrogen-bond donors (Lipinski definition) is 1. The minimum Gasteiger partial charge on any atom is -0.477 e. The number of benzene rings is 1. The van der Waals surface area contributed by atoms with Crippen LogP contribution in [0.15, 0.2) is 36.5 Å². The first-order chi connectivity index (χ1) is 9.56. The van der Waals surface area contributed by atoms with Crippen molar-refractivity contribution in [3.05, 3.63) is 48.0 Å². The molecule has 0 unspecified atom stereocenters. The fraction of sp³-hybridized carbons (Fsp3) is 0.133. The molecule has 1 aromatic carbocycles. The quantitative estimate of drug-likeness (QED) is 0.775. The summed E-state index contributed by atoms with van der Waals surface area (Å²) < 4.78 is 2.00. The van der Waals surface area contributed by atoms with Gasteiger partial charge in [-0.15, -0.1) is 0 Å². The molecule has 0 spiro atoms. The Hall–Kier alpha value is -2.69. The summed E-state index contributed by atoms with van der Waals surface area (Å²) in [5, 5.41) is 10.1. The maximum Gasteiger partial charge on any atom is 0.354 e. The molecule has 0 saturated carbocycles. The van der Waals surface area contributed by atoms with Crippen LogP contribution in [0.4, 0.5) is 0 Å². The Morgan fingerprint density at radius 3 is 2.75 bits per heavy atom. The highest BCUT2D eigenvalue weighted by molar-refractivity contribution is 5.96. The van der Waals surface area contributed by atoms with Gasteiger partial charge in [-0.3, -0.25) is 0 Å². The van der Waals surface area contributed by atoms with Crippen LogP contribution in [-0.4, -0.2) is 25.6 Å². The number of para-hydroxylation sites is 1. The number of aromatic nitrogens is 3. The molecule has 3 aromatic rings. The number of hydrogen-bond acceptors (Lipinski definition) is 3. The first-order valence-corrected chi connectivity index (χ1v) is 6.19. The second kappa shape index (κ2) is 4.45. The minimum atomic E-state index is -1.04. The van der Waals surface area contributed by atoms with Crippen LogP contribution in [-0.2, 0) is 7.05 Å². The van der Waals surface area contributed by atoms with E-state index < -0.39 is 5.97 Å². The van der Waals surface area contributed by atoms with Crippen molar-refractivity contribution in [1.29, 1.82) is 0 Å². The van der Waals surface area contributed by atoms with Crippen molar-refractivity contribution in [3.63, 3.8) is 0 Å². The van der Waals surface area contributed by atoms with E-state index in [1.54, 1.807) is 6.92 Å². The van der Waals surface area contributed by atoms with Gasteiger partial charge in [0.15, 0.2) is 5.69 Å². The van der Waals surface area contributed by atoms with Crippen LogP contribution in [0.5, 0.6) is 0 Å². The molecule has 0 saturated heterocycles. The van der Waals surface area contributed by atoms with Gasteiger partial charge in [-0.1, -0.05) is 18.2 Å². The molecule has 100 valence electrons. The van der Waals surface area contributed by atoms with Gasteiger partial charge >= 0.3 is 5.97 Å². The summed E-state index contributed by atoms with van der Waals surface area (Å²) in [6, 6.07) is 9.46. The number of nitrogens with zero attached hydrogens (tertiary/aromatic N) is 3. The average molecular weight is 267 g/mol. The van der Waals surface area contributed by atoms with E-state index in [1.165, 1.54) is 6.07 Å². The first-order valence-electron chi connectivity index (χ1n) is 6.19. The van der Waals surface area contributed by atoms with Gasteiger partial charge in [0.25, 0.3) is 0 Å². The van der Waals surface area contributed by atoms with Crippen LogP contribution in [0, 0.1) is 6.92 Å². The Bertz CT molecular complexity index is 821. The van der Waals surface area contributed by atoms with Crippen molar-refractivity contribution in [2.45, 2.75) is 6.92 Å². The van der Waals surface area contributed by atoms with E-state index >= 15 is 0 Å². The summed E-state index contributed by atoms with van der Waals surface area (Å²) in [6.07, 6.45) is 1.96. The molecule has 2 aromatic heterocycles. The van der Waals surface area contributed by atoms with Crippen molar-refractivity contribution < 1.29 is 9.90 Å². The Labute approximate surface area is 115 Å². The zero-order chi connectivity index (χ0) is 14.3. The highest BCUT2D eigenvalue weighted by atomic mass is 16.4. The van der Waals surface area contributed by atoms with Crippen LogP contribution in [0.2, 0.25) is 0 Å². The molecule has 5 nitrogen and oxygen atoms in total. The lowest BCUT2D eigenvalue weighted by atomic mass is 10.1. The largest absolute Gasteiger partial charge is 0.477 e. The molecule has 1 N–H and O–H groups in total. The zero-order valence-corrected chi connectivity index (χ0v) is 11.2. The van der Waals surface area contributed by atoms with Gasteiger partial charge in [0.2, 0.25) is 0 Å². The normalized spacial score (nSPS) is 10.9. The fourth-order valence-corrected chi connectivity index (χ4v) is 2.36. The number of carboxylic acids is 1. The number of carbonyl (C=O) groups is 1. The van der Waals surface area contributed by atoms with Crippen molar-refractivity contribution >= 4 is 16.9 Å². The van der Waals surface area contributed by atoms with Crippen LogP contribution in [0.3, 0.4) is 0 Å². The second-order valence-corrected chi connectivity index (χ2v) is 4.66. The zero-order valence-electron chi connectivity index (χ0n) is 11.2. The number of aromatic carboxylic acids is 1. The molecule has 0 fully saturated rings. The highest BCUT2D eigenvalue weighted by Gasteiger charge is 2.13. The van der Waals surface area contributed by atoms with Gasteiger partial charge in [0.05, 0.1) is 5.69 Å². The fourth-order valence-electron chi connectivity index (χ4n) is 2.36. The van der Waals surface area contributed by atoms with Crippen molar-refractivity contribution in [3.8, 4) is 11.3 Å². The van der Waals surface area contributed by atoms with Gasteiger partial charge in [-0.2, -0.15) is 0 Å². The van der Waals surface area contributed by atoms with Gasteiger partial charge in [0.1, 0.15) is 5.82 Å². The van der Waals surface area contributed by atoms with E-state index in [0.29, 0.717) is 11.5 Å². The third kappa shape index (κ3) is 1.93. The van der Waals surface area contributed by atoms with Crippen molar-refractivity contribution in [2.75, 3.05) is 0 Å². The van der Waals surface area contributed by atoms with Crippen LogP contribution >= 0.6 is 0 Å². The summed E-state index contributed by atoms with van der Waals surface area (Å²) in [4.78, 5) is 19.4. The molecule has 0 aliphatic heterocycles. The molecule has 0 aliphatic carbocycles. The Kier molecular flexibility index (Phi) is 2.75. The summed E-state index contributed by atoms with van der Waals surface area (Å²) in [6.45, 7) is 1.70. The number of rotatable bonds is 2. The molecule has 3 rings (SSSR count). The standard InChI is InChI=1S/C15H13N3O2/c1-9-16-12(7-13(17-9)15(19)20)11-8-18(2)14-6-4-3-5-10(11)14/h3-8H,1-2H3,(H,19,20). The molecular weight excluding hydrogens is 254 g/mol. The number of carboxylic acid groups (broad SMARTS) is 1. The van der Waals surface area contributed by atoms with E-state index in [-0.39, 0.29) is 5.69 Å². The van der Waals surface area contributed by atoms with E-state index in [0.717, 1.165) is 16.5 Å². The Morgan fingerprint density at radius 2 is 2.00 bits per heavy atom. The molecule has 0 amide bonds. The van der Waals surface area contributed by atoms with E-state index in [2.05, 4.69) is 9.97 Å². The third-order valence-electron chi connectivity index (χ3n) is 3.23. The van der Waals surface area contributed by atoms with Gasteiger partial charge < -0.3 is 9.67 Å². The molecular formula is C15H13N3O2. The van der Waals surface area contributed by atoms with Gasteiger partial charge in [-0.25, -0.2) is 14.8 Å². The SMILES string of the molecule is Cc1nc(C(=O)O)cc(-c2cn(C)c3ccccc23)n1. The summed E-state index contributed by atoms with van der Waals surface area (Å²) in [5.41, 5.74) is 2.64. The maximum absolute atomic E-state index is 11.1. The highest BCUT2D eigenvalue weighted by Crippen LogP contribution is 2.29. The van der Waals surface area contributed by atoms with Crippen LogP contribution < -0.4 is 0 Å². The van der Waals surface area contributed by atoms with Crippen LogP contribution in [0.1, 0.15) is 16.3 Å². The second-order valence-electron chi connectivity index (χ2n) is 4.66. The van der Waals surface area contributed by atoms with Gasteiger partial charge in [0, 0.05) is 29.7 Å². The number of fused-ring (bicyclic) bond motifs is 1. The monoisotopic (exact) mass is 267 g/mol. The molecule has 5 heteroatoms. The lowest BCUT2D eigenvalue weighted by molar-refractivity contribution is 0.0690. The predicted octanol–water partition coefficient (Wildman–Crippen LogP) is 2.64. The average Bonchev–Trinajstić information content (AvgIpc) is 2.76. The third-order valence-corrected chi connectivity index (χ3v) is 3.23. The summed E-state index contributed by atoms with van der Waals surface area (Å²) in [5.74, 6) is -0.593. The van der Waals surface area contributed by atoms with E-state index in [9.17, 15) is 4.79 Å². The Morgan fingerprint density at radius 1 is 1.25 bits per heavy atom. The maximum atomic E-state index is 11.1. The molecule has 0 bridgehead atoms. The topological polar surface area (TPSA) is 68.0 Å². The smallest absolute Gasteiger partial charge is 0.354 e. The first kappa shape index (κ1) is 12.3. The molecule has 20 heavy (non-hydrogen) atoms. The molecule has 0 atom stereocenters. The van der Waals surface area contributed by atoms with Crippen LogP contribution in [0.25, 0.3) is 22.2 Å². The lowest BCUT2D eigenvalue weighted by Gasteiger charge is -2.02. The number of aryl methyl sites for hydroxylation is 2. The summed E-state index contributed by atoms with van der Waals surface area (Å²) >= 11 is 0. The summed E-state index contributed by atoms with van der Waals surface area (Å²) in [7, 11) is 1.96. The molecule has 0 radical (unpaired) electrons. The van der Waals surface area contributed by atoms with Crippen molar-refractivity contribution in [1.82, 2.24) is 14.5 Å². The lowest BCUT2D eigenvalue weighted by Crippen LogP contribution is -2.04. The van der Waals surface area contributed by atoms with Crippen molar-refractivity contribution in [2.24, 2.45) is 7.05 Å². The predicted molar refractivity (Wildman–Crippen MR) is 75.6 cm³/mol. The Balaban J connectivity index is 2.28. The molecule has 0 aliphatic rings. The van der Waals surface area contributed by atoms with Gasteiger partial charge in [-0.05, 0) is 19.1 Å². The van der Waals surface area contributed by atoms with E-state index in [4.69, 9.17) is 5.11 Å². The minimum absolute atomic E-state index is 0.0143. The van der Waals surface area contributed by atoms with E-state index in [1.807, 2.05) is 42.1 Å². The molecule has 2 heterocycles.